The van der Waals surface area contributed by atoms with Crippen LogP contribution in [0.5, 0.6) is 17.2 Å². The van der Waals surface area contributed by atoms with Gasteiger partial charge in [-0.25, -0.2) is 4.79 Å². The first-order valence-electron chi connectivity index (χ1n) is 12.8. The summed E-state index contributed by atoms with van der Waals surface area (Å²) in [6.07, 6.45) is 6.59. The molecule has 0 bridgehead atoms. The molecule has 3 aromatic carbocycles. The summed E-state index contributed by atoms with van der Waals surface area (Å²) in [7, 11) is 4.46. The number of hydrogen-bond donors (Lipinski definition) is 2. The Labute approximate surface area is 223 Å². The second-order valence-electron chi connectivity index (χ2n) is 9.00. The zero-order chi connectivity index (χ0) is 27.5. The fourth-order valence-corrected chi connectivity index (χ4v) is 4.53. The predicted molar refractivity (Wildman–Crippen MR) is 147 cm³/mol. The lowest BCUT2D eigenvalue weighted by molar-refractivity contribution is 0.0270. The maximum absolute atomic E-state index is 13.3. The van der Waals surface area contributed by atoms with Crippen molar-refractivity contribution in [2.75, 3.05) is 26.8 Å². The Morgan fingerprint density at radius 2 is 1.58 bits per heavy atom. The molecule has 1 atom stereocenters. The molecule has 38 heavy (non-hydrogen) atoms. The Kier molecular flexibility index (Phi) is 10.7. The summed E-state index contributed by atoms with van der Waals surface area (Å²) in [5.74, 6) is 0.539. The van der Waals surface area contributed by atoms with E-state index in [9.17, 15) is 14.9 Å². The number of carbonyl (C=O) groups excluding carboxylic acids is 1. The van der Waals surface area contributed by atoms with Gasteiger partial charge in [-0.3, -0.25) is 10.7 Å². The molecule has 0 saturated carbocycles. The second kappa shape index (κ2) is 14.2. The minimum absolute atomic E-state index is 0.232. The van der Waals surface area contributed by atoms with E-state index in [-0.39, 0.29) is 11.3 Å². The molecule has 0 saturated heterocycles. The normalized spacial score (nSPS) is 11.6. The zero-order valence-electron chi connectivity index (χ0n) is 22.4. The van der Waals surface area contributed by atoms with Crippen LogP contribution in [-0.2, 0) is 4.74 Å². The molecule has 0 spiro atoms. The largest absolute Gasteiger partial charge is 0.493 e. The number of nitrogens with zero attached hydrogens (tertiary/aromatic N) is 1. The van der Waals surface area contributed by atoms with E-state index in [1.54, 1.807) is 30.3 Å². The number of benzene rings is 3. The van der Waals surface area contributed by atoms with Crippen molar-refractivity contribution in [3.05, 3.63) is 58.5 Å². The molecule has 0 aliphatic rings. The number of unbranched alkanes of at least 4 members (excludes halogenated alkanes) is 5. The number of nitroso groups, excluding NO2 is 1. The summed E-state index contributed by atoms with van der Waals surface area (Å²) in [5.41, 5.74) is 3.82. The van der Waals surface area contributed by atoms with E-state index in [1.807, 2.05) is 6.07 Å². The quantitative estimate of drug-likeness (QED) is 0.0898. The predicted octanol–water partition coefficient (Wildman–Crippen LogP) is 7.71. The van der Waals surface area contributed by atoms with Gasteiger partial charge in [-0.05, 0) is 53.9 Å². The number of anilines is 1. The first-order chi connectivity index (χ1) is 18.5. The van der Waals surface area contributed by atoms with Crippen LogP contribution in [0, 0.1) is 4.91 Å². The lowest BCUT2D eigenvalue weighted by Crippen LogP contribution is -2.13. The van der Waals surface area contributed by atoms with Gasteiger partial charge in [-0.2, -0.15) is 0 Å². The van der Waals surface area contributed by atoms with Crippen LogP contribution in [0.15, 0.2) is 47.6 Å². The van der Waals surface area contributed by atoms with Crippen molar-refractivity contribution in [2.45, 2.75) is 58.0 Å². The molecule has 2 N–H and O–H groups in total. The summed E-state index contributed by atoms with van der Waals surface area (Å²) in [5, 5.41) is 13.8. The Morgan fingerprint density at radius 3 is 2.18 bits per heavy atom. The van der Waals surface area contributed by atoms with Gasteiger partial charge in [0, 0.05) is 10.8 Å². The fraction of sp³-hybridized carbons (Fsp3) is 0.414. The van der Waals surface area contributed by atoms with Gasteiger partial charge in [0.1, 0.15) is 11.8 Å². The molecule has 0 aliphatic carbocycles. The molecular formula is C29H36N2O7. The number of ether oxygens (including phenoxy) is 4. The highest BCUT2D eigenvalue weighted by atomic mass is 16.5. The Morgan fingerprint density at radius 1 is 0.895 bits per heavy atom. The maximum atomic E-state index is 13.3. The Balaban J connectivity index is 1.94. The topological polar surface area (TPSA) is 116 Å². The van der Waals surface area contributed by atoms with E-state index < -0.39 is 12.1 Å². The van der Waals surface area contributed by atoms with Crippen LogP contribution in [0.4, 0.5) is 11.4 Å². The van der Waals surface area contributed by atoms with Crippen molar-refractivity contribution >= 4 is 28.1 Å². The summed E-state index contributed by atoms with van der Waals surface area (Å²) < 4.78 is 22.2. The number of fused-ring (bicyclic) bond motifs is 1. The number of methoxy groups -OCH3 is 3. The molecule has 0 aromatic heterocycles. The summed E-state index contributed by atoms with van der Waals surface area (Å²) in [4.78, 5) is 24.8. The van der Waals surface area contributed by atoms with Gasteiger partial charge in [0.05, 0.1) is 32.6 Å². The SMILES string of the molecule is CCCCCCCCC(OC(=O)c1cc(OC)c(OC)c(OC)c1)c1ccc2c(NO)ccc(N=O)c2c1. The van der Waals surface area contributed by atoms with Crippen molar-refractivity contribution in [2.24, 2.45) is 5.18 Å². The molecule has 0 amide bonds. The molecule has 0 fully saturated rings. The van der Waals surface area contributed by atoms with Gasteiger partial charge in [0.2, 0.25) is 5.75 Å². The molecule has 204 valence electrons. The number of esters is 1. The zero-order valence-corrected chi connectivity index (χ0v) is 22.4. The summed E-state index contributed by atoms with van der Waals surface area (Å²) in [6, 6.07) is 11.6. The third kappa shape index (κ3) is 6.72. The first kappa shape index (κ1) is 28.7. The van der Waals surface area contributed by atoms with Crippen LogP contribution in [0.1, 0.15) is 73.9 Å². The van der Waals surface area contributed by atoms with Crippen LogP contribution in [0.3, 0.4) is 0 Å². The molecule has 9 heteroatoms. The second-order valence-corrected chi connectivity index (χ2v) is 9.00. The van der Waals surface area contributed by atoms with Gasteiger partial charge < -0.3 is 18.9 Å². The Bertz CT molecular complexity index is 1220. The third-order valence-corrected chi connectivity index (χ3v) is 6.58. The smallest absolute Gasteiger partial charge is 0.339 e. The Hall–Kier alpha value is -3.85. The van der Waals surface area contributed by atoms with E-state index >= 15 is 0 Å². The number of nitrogens with one attached hydrogen (secondary N) is 1. The van der Waals surface area contributed by atoms with E-state index in [4.69, 9.17) is 18.9 Å². The third-order valence-electron chi connectivity index (χ3n) is 6.58. The van der Waals surface area contributed by atoms with Crippen LogP contribution in [0.2, 0.25) is 0 Å². The molecule has 0 aliphatic heterocycles. The van der Waals surface area contributed by atoms with Gasteiger partial charge in [-0.1, -0.05) is 51.2 Å². The molecule has 3 aromatic rings. The van der Waals surface area contributed by atoms with Crippen molar-refractivity contribution in [3.63, 3.8) is 0 Å². The summed E-state index contributed by atoms with van der Waals surface area (Å²) in [6.45, 7) is 2.18. The van der Waals surface area contributed by atoms with Crippen LogP contribution >= 0.6 is 0 Å². The molecule has 1 unspecified atom stereocenters. The van der Waals surface area contributed by atoms with Crippen molar-refractivity contribution < 1.29 is 28.9 Å². The first-order valence-corrected chi connectivity index (χ1v) is 12.8. The average molecular weight is 525 g/mol. The highest BCUT2D eigenvalue weighted by Gasteiger charge is 2.23. The number of rotatable bonds is 15. The van der Waals surface area contributed by atoms with Gasteiger partial charge in [-0.15, -0.1) is 4.91 Å². The van der Waals surface area contributed by atoms with Crippen LogP contribution < -0.4 is 19.7 Å². The molecule has 9 nitrogen and oxygen atoms in total. The lowest BCUT2D eigenvalue weighted by atomic mass is 9.97. The van der Waals surface area contributed by atoms with Crippen molar-refractivity contribution in [1.29, 1.82) is 0 Å². The van der Waals surface area contributed by atoms with Gasteiger partial charge in [0.15, 0.2) is 11.5 Å². The lowest BCUT2D eigenvalue weighted by Gasteiger charge is -2.20. The summed E-state index contributed by atoms with van der Waals surface area (Å²) >= 11 is 0. The monoisotopic (exact) mass is 524 g/mol. The van der Waals surface area contributed by atoms with Crippen molar-refractivity contribution in [1.82, 2.24) is 0 Å². The molecule has 3 rings (SSSR count). The minimum atomic E-state index is -0.567. The number of carbonyl (C=O) groups is 1. The van der Waals surface area contributed by atoms with E-state index in [2.05, 4.69) is 17.6 Å². The highest BCUT2D eigenvalue weighted by Crippen LogP contribution is 2.39. The molecule has 0 radical (unpaired) electrons. The highest BCUT2D eigenvalue weighted by molar-refractivity contribution is 6.01. The van der Waals surface area contributed by atoms with E-state index in [1.165, 1.54) is 46.7 Å². The molecule has 0 heterocycles. The van der Waals surface area contributed by atoms with E-state index in [0.717, 1.165) is 24.8 Å². The minimum Gasteiger partial charge on any atom is -0.493 e. The van der Waals surface area contributed by atoms with Gasteiger partial charge in [0.25, 0.3) is 0 Å². The standard InChI is InChI=1S/C29H36N2O7/c1-5-6-7-8-9-10-11-25(19-12-13-21-22(16-19)24(31-34)15-14-23(21)30-33)38-29(32)20-17-26(35-2)28(37-4)27(18-20)36-3/h12-18,25,30,33H,5-11H2,1-4H3. The maximum Gasteiger partial charge on any atom is 0.339 e. The fourth-order valence-electron chi connectivity index (χ4n) is 4.53. The van der Waals surface area contributed by atoms with Crippen LogP contribution in [-0.4, -0.2) is 32.5 Å². The number of hydrogen-bond acceptors (Lipinski definition) is 9. The van der Waals surface area contributed by atoms with Gasteiger partial charge >= 0.3 is 5.97 Å². The van der Waals surface area contributed by atoms with Crippen LogP contribution in [0.25, 0.3) is 10.8 Å². The van der Waals surface area contributed by atoms with Crippen molar-refractivity contribution in [3.8, 4) is 17.2 Å². The van der Waals surface area contributed by atoms with E-state index in [0.29, 0.717) is 40.1 Å². The average Bonchev–Trinajstić information content (AvgIpc) is 2.96. The molecular weight excluding hydrogens is 488 g/mol.